The fraction of sp³-hybridized carbons (Fsp3) is 0.385. The molecule has 0 amide bonds. The lowest BCUT2D eigenvalue weighted by Gasteiger charge is -2.16. The second-order valence-corrected chi connectivity index (χ2v) is 8.70. The van der Waals surface area contributed by atoms with Gasteiger partial charge in [-0.1, -0.05) is 11.6 Å². The SMILES string of the molecule is COc1nccnc1OC1CCN(S(=O)(=O)c2ccc(Cl)s2)C1. The highest BCUT2D eigenvalue weighted by molar-refractivity contribution is 7.91. The maximum atomic E-state index is 12.5. The highest BCUT2D eigenvalue weighted by atomic mass is 35.5. The number of methoxy groups -OCH3 is 1. The Kier molecular flexibility index (Phi) is 4.72. The summed E-state index contributed by atoms with van der Waals surface area (Å²) in [5.74, 6) is 0.539. The van der Waals surface area contributed by atoms with Crippen molar-refractivity contribution in [3.63, 3.8) is 0 Å². The van der Waals surface area contributed by atoms with E-state index in [1.807, 2.05) is 0 Å². The predicted octanol–water partition coefficient (Wildman–Crippen LogP) is 2.04. The van der Waals surface area contributed by atoms with E-state index in [2.05, 4.69) is 9.97 Å². The van der Waals surface area contributed by atoms with E-state index in [1.165, 1.54) is 29.9 Å². The number of hydrogen-bond acceptors (Lipinski definition) is 7. The molecule has 1 unspecified atom stereocenters. The van der Waals surface area contributed by atoms with Gasteiger partial charge in [-0.25, -0.2) is 18.4 Å². The van der Waals surface area contributed by atoms with Crippen LogP contribution in [0.25, 0.3) is 0 Å². The summed E-state index contributed by atoms with van der Waals surface area (Å²) in [4.78, 5) is 8.07. The zero-order valence-corrected chi connectivity index (χ0v) is 14.6. The van der Waals surface area contributed by atoms with Crippen molar-refractivity contribution in [2.75, 3.05) is 20.2 Å². The molecule has 0 spiro atoms. The first-order valence-electron chi connectivity index (χ1n) is 6.78. The molecular formula is C13H14ClN3O4S2. The first-order valence-corrected chi connectivity index (χ1v) is 9.41. The highest BCUT2D eigenvalue weighted by Crippen LogP contribution is 2.31. The van der Waals surface area contributed by atoms with Crippen molar-refractivity contribution in [2.24, 2.45) is 0 Å². The molecule has 2 aromatic heterocycles. The number of rotatable bonds is 5. The normalized spacial score (nSPS) is 19.0. The summed E-state index contributed by atoms with van der Waals surface area (Å²) < 4.78 is 38.0. The fourth-order valence-electron chi connectivity index (χ4n) is 2.27. The Bertz CT molecular complexity index is 796. The monoisotopic (exact) mass is 375 g/mol. The first-order chi connectivity index (χ1) is 11.0. The van der Waals surface area contributed by atoms with Crippen molar-refractivity contribution in [3.8, 4) is 11.8 Å². The molecule has 1 fully saturated rings. The third kappa shape index (κ3) is 3.42. The van der Waals surface area contributed by atoms with Crippen LogP contribution in [0.5, 0.6) is 11.8 Å². The topological polar surface area (TPSA) is 81.6 Å². The van der Waals surface area contributed by atoms with Gasteiger partial charge in [-0.3, -0.25) is 0 Å². The molecule has 0 bridgehead atoms. The summed E-state index contributed by atoms with van der Waals surface area (Å²) in [6, 6.07) is 3.09. The Morgan fingerprint density at radius 2 is 2.04 bits per heavy atom. The second kappa shape index (κ2) is 6.60. The van der Waals surface area contributed by atoms with Crippen molar-refractivity contribution in [3.05, 3.63) is 28.9 Å². The molecule has 0 aliphatic carbocycles. The lowest BCUT2D eigenvalue weighted by Crippen LogP contribution is -2.30. The largest absolute Gasteiger partial charge is 0.477 e. The molecule has 7 nitrogen and oxygen atoms in total. The van der Waals surface area contributed by atoms with E-state index < -0.39 is 10.0 Å². The number of thiophene rings is 1. The number of hydrogen-bond donors (Lipinski definition) is 0. The van der Waals surface area contributed by atoms with Gasteiger partial charge in [0.05, 0.1) is 18.0 Å². The molecule has 23 heavy (non-hydrogen) atoms. The third-order valence-corrected chi connectivity index (χ3v) is 6.92. The fourth-order valence-corrected chi connectivity index (χ4v) is 5.39. The minimum absolute atomic E-state index is 0.236. The van der Waals surface area contributed by atoms with E-state index in [-0.39, 0.29) is 28.6 Å². The molecular weight excluding hydrogens is 362 g/mol. The van der Waals surface area contributed by atoms with Crippen LogP contribution in [-0.4, -0.2) is 49.0 Å². The molecule has 0 saturated carbocycles. The Hall–Kier alpha value is -1.42. The third-order valence-electron chi connectivity index (χ3n) is 3.36. The van der Waals surface area contributed by atoms with Gasteiger partial charge in [0.25, 0.3) is 21.8 Å². The minimum Gasteiger partial charge on any atom is -0.477 e. The van der Waals surface area contributed by atoms with Crippen LogP contribution in [0.15, 0.2) is 28.7 Å². The van der Waals surface area contributed by atoms with Gasteiger partial charge in [0, 0.05) is 18.9 Å². The summed E-state index contributed by atoms with van der Waals surface area (Å²) in [5.41, 5.74) is 0. The Morgan fingerprint density at radius 3 is 2.70 bits per heavy atom. The minimum atomic E-state index is -3.54. The summed E-state index contributed by atoms with van der Waals surface area (Å²) in [6.07, 6.45) is 3.26. The second-order valence-electron chi connectivity index (χ2n) is 4.82. The Balaban J connectivity index is 1.71. The first kappa shape index (κ1) is 16.4. The molecule has 3 heterocycles. The number of sulfonamides is 1. The summed E-state index contributed by atoms with van der Waals surface area (Å²) in [6.45, 7) is 0.628. The molecule has 124 valence electrons. The molecule has 1 saturated heterocycles. The van der Waals surface area contributed by atoms with Gasteiger partial charge in [0.2, 0.25) is 0 Å². The highest BCUT2D eigenvalue weighted by Gasteiger charge is 2.35. The van der Waals surface area contributed by atoms with Crippen molar-refractivity contribution in [2.45, 2.75) is 16.7 Å². The van der Waals surface area contributed by atoms with Crippen LogP contribution in [-0.2, 0) is 10.0 Å². The summed E-state index contributed by atoms with van der Waals surface area (Å²) in [5, 5.41) is 0. The molecule has 2 aromatic rings. The van der Waals surface area contributed by atoms with E-state index in [1.54, 1.807) is 6.07 Å². The van der Waals surface area contributed by atoms with Crippen molar-refractivity contribution in [1.29, 1.82) is 0 Å². The zero-order valence-electron chi connectivity index (χ0n) is 12.2. The number of halogens is 1. The number of aromatic nitrogens is 2. The van der Waals surface area contributed by atoms with Crippen LogP contribution in [0.3, 0.4) is 0 Å². The summed E-state index contributed by atoms with van der Waals surface area (Å²) in [7, 11) is -2.06. The van der Waals surface area contributed by atoms with Gasteiger partial charge in [0.15, 0.2) is 0 Å². The number of ether oxygens (including phenoxy) is 2. The van der Waals surface area contributed by atoms with Gasteiger partial charge in [-0.15, -0.1) is 11.3 Å². The van der Waals surface area contributed by atoms with Gasteiger partial charge in [0.1, 0.15) is 10.3 Å². The van der Waals surface area contributed by atoms with Crippen molar-refractivity contribution in [1.82, 2.24) is 14.3 Å². The number of nitrogens with zero attached hydrogens (tertiary/aromatic N) is 3. The van der Waals surface area contributed by atoms with E-state index >= 15 is 0 Å². The average Bonchev–Trinajstić information content (AvgIpc) is 3.17. The zero-order chi connectivity index (χ0) is 16.4. The molecule has 1 atom stereocenters. The van der Waals surface area contributed by atoms with Crippen LogP contribution >= 0.6 is 22.9 Å². The maximum absolute atomic E-state index is 12.5. The molecule has 10 heteroatoms. The quantitative estimate of drug-likeness (QED) is 0.795. The maximum Gasteiger partial charge on any atom is 0.278 e. The van der Waals surface area contributed by atoms with Gasteiger partial charge in [-0.05, 0) is 18.6 Å². The molecule has 1 aliphatic heterocycles. The molecule has 3 rings (SSSR count). The lowest BCUT2D eigenvalue weighted by atomic mass is 10.3. The van der Waals surface area contributed by atoms with Gasteiger partial charge in [-0.2, -0.15) is 4.31 Å². The van der Waals surface area contributed by atoms with E-state index in [9.17, 15) is 8.42 Å². The van der Waals surface area contributed by atoms with Crippen LogP contribution in [0, 0.1) is 0 Å². The molecule has 1 aliphatic rings. The Morgan fingerprint density at radius 1 is 1.30 bits per heavy atom. The van der Waals surface area contributed by atoms with Crippen LogP contribution in [0.1, 0.15) is 6.42 Å². The van der Waals surface area contributed by atoms with Crippen molar-refractivity contribution >= 4 is 33.0 Å². The lowest BCUT2D eigenvalue weighted by molar-refractivity contribution is 0.194. The van der Waals surface area contributed by atoms with E-state index in [0.717, 1.165) is 11.3 Å². The average molecular weight is 376 g/mol. The Labute approximate surface area is 142 Å². The standard InChI is InChI=1S/C13H14ClN3O4S2/c1-20-12-13(16-6-5-15-12)21-9-4-7-17(8-9)23(18,19)11-3-2-10(14)22-11/h2-3,5-6,9H,4,7-8H2,1H3. The van der Waals surface area contributed by atoms with E-state index in [0.29, 0.717) is 17.3 Å². The van der Waals surface area contributed by atoms with Gasteiger partial charge >= 0.3 is 0 Å². The molecule has 0 aromatic carbocycles. The molecule has 0 radical (unpaired) electrons. The summed E-state index contributed by atoms with van der Waals surface area (Å²) >= 11 is 6.87. The molecule has 0 N–H and O–H groups in total. The smallest absolute Gasteiger partial charge is 0.278 e. The van der Waals surface area contributed by atoms with Crippen LogP contribution in [0.4, 0.5) is 0 Å². The van der Waals surface area contributed by atoms with Gasteiger partial charge < -0.3 is 9.47 Å². The van der Waals surface area contributed by atoms with Crippen LogP contribution in [0.2, 0.25) is 4.34 Å². The van der Waals surface area contributed by atoms with Crippen LogP contribution < -0.4 is 9.47 Å². The van der Waals surface area contributed by atoms with E-state index in [4.69, 9.17) is 21.1 Å². The van der Waals surface area contributed by atoms with Crippen molar-refractivity contribution < 1.29 is 17.9 Å². The predicted molar refractivity (Wildman–Crippen MR) is 85.7 cm³/mol.